The summed E-state index contributed by atoms with van der Waals surface area (Å²) in [7, 11) is -3.65. The number of nitrogens with zero attached hydrogens (tertiary/aromatic N) is 2. The van der Waals surface area contributed by atoms with Gasteiger partial charge >= 0.3 is 6.09 Å². The summed E-state index contributed by atoms with van der Waals surface area (Å²) in [5, 5.41) is 11.4. The first kappa shape index (κ1) is 22.2. The molecule has 1 fully saturated rings. The largest absolute Gasteiger partial charge is 0.465 e. The summed E-state index contributed by atoms with van der Waals surface area (Å²) in [6.45, 7) is 3.26. The van der Waals surface area contributed by atoms with E-state index >= 15 is 0 Å². The molecule has 3 rings (SSSR count). The Morgan fingerprint density at radius 3 is 2.63 bits per heavy atom. The van der Waals surface area contributed by atoms with E-state index in [9.17, 15) is 13.2 Å². The maximum Gasteiger partial charge on any atom is 0.405 e. The second-order valence-corrected chi connectivity index (χ2v) is 9.42. The van der Waals surface area contributed by atoms with Gasteiger partial charge in [0, 0.05) is 25.5 Å². The zero-order chi connectivity index (χ0) is 21.6. The van der Waals surface area contributed by atoms with Gasteiger partial charge in [-0.05, 0) is 42.5 Å². The highest BCUT2D eigenvalue weighted by atomic mass is 32.2. The molecule has 0 radical (unpaired) electrons. The molecular weight excluding hydrogens is 406 g/mol. The zero-order valence-corrected chi connectivity index (χ0v) is 17.7. The van der Waals surface area contributed by atoms with Gasteiger partial charge in [-0.25, -0.2) is 17.5 Å². The van der Waals surface area contributed by atoms with Crippen molar-refractivity contribution >= 4 is 16.1 Å². The molecule has 2 aromatic rings. The Labute approximate surface area is 176 Å². The summed E-state index contributed by atoms with van der Waals surface area (Å²) in [5.41, 5.74) is 2.82. The summed E-state index contributed by atoms with van der Waals surface area (Å²) in [6.07, 6.45) is 2.97. The molecule has 1 unspecified atom stereocenters. The van der Waals surface area contributed by atoms with Gasteiger partial charge in [0.05, 0.1) is 24.5 Å². The smallest absolute Gasteiger partial charge is 0.405 e. The predicted octanol–water partition coefficient (Wildman–Crippen LogP) is 2.71. The van der Waals surface area contributed by atoms with Gasteiger partial charge < -0.3 is 15.2 Å². The first-order chi connectivity index (χ1) is 14.3. The third kappa shape index (κ3) is 6.01. The number of aryl methyl sites for hydroxylation is 1. The fourth-order valence-electron chi connectivity index (χ4n) is 3.53. The fourth-order valence-corrected chi connectivity index (χ4v) is 5.20. The van der Waals surface area contributed by atoms with E-state index < -0.39 is 22.2 Å². The van der Waals surface area contributed by atoms with Crippen molar-refractivity contribution in [1.82, 2.24) is 14.6 Å². The number of amides is 1. The average molecular weight is 434 g/mol. The lowest BCUT2D eigenvalue weighted by Crippen LogP contribution is -2.44. The van der Waals surface area contributed by atoms with Crippen LogP contribution in [0.1, 0.15) is 35.6 Å². The molecule has 0 bridgehead atoms. The molecule has 1 atom stereocenters. The number of benzene rings is 1. The molecule has 162 valence electrons. The number of hydrogen-bond acceptors (Lipinski definition) is 5. The molecule has 1 aromatic carbocycles. The average Bonchev–Trinajstić information content (AvgIpc) is 2.73. The number of sulfonamides is 1. The number of carbonyl (C=O) groups is 1. The molecule has 9 heteroatoms. The quantitative estimate of drug-likeness (QED) is 0.663. The molecule has 0 saturated carbocycles. The van der Waals surface area contributed by atoms with Crippen LogP contribution < -0.4 is 5.32 Å². The second-order valence-electron chi connectivity index (χ2n) is 7.40. The van der Waals surface area contributed by atoms with Crippen LogP contribution >= 0.6 is 0 Å². The van der Waals surface area contributed by atoms with Crippen LogP contribution in [0.4, 0.5) is 4.79 Å². The number of piperidine rings is 1. The highest BCUT2D eigenvalue weighted by molar-refractivity contribution is 7.89. The van der Waals surface area contributed by atoms with Crippen molar-refractivity contribution in [3.8, 4) is 0 Å². The van der Waals surface area contributed by atoms with E-state index in [1.807, 2.05) is 31.2 Å². The second kappa shape index (κ2) is 10.0. The topological polar surface area (TPSA) is 109 Å². The number of hydrogen-bond donors (Lipinski definition) is 2. The highest BCUT2D eigenvalue weighted by Crippen LogP contribution is 2.22. The monoisotopic (exact) mass is 433 g/mol. The molecule has 0 spiro atoms. The van der Waals surface area contributed by atoms with Crippen LogP contribution in [0.25, 0.3) is 0 Å². The van der Waals surface area contributed by atoms with Crippen LogP contribution in [0, 0.1) is 6.92 Å². The van der Waals surface area contributed by atoms with Crippen molar-refractivity contribution in [3.05, 3.63) is 65.5 Å². The molecular formula is C21H27N3O5S. The van der Waals surface area contributed by atoms with E-state index in [0.717, 1.165) is 5.56 Å². The maximum absolute atomic E-state index is 12.9. The van der Waals surface area contributed by atoms with Gasteiger partial charge in [-0.3, -0.25) is 4.98 Å². The van der Waals surface area contributed by atoms with Crippen molar-refractivity contribution in [2.75, 3.05) is 18.8 Å². The molecule has 2 heterocycles. The minimum atomic E-state index is -3.65. The summed E-state index contributed by atoms with van der Waals surface area (Å²) >= 11 is 0. The molecule has 30 heavy (non-hydrogen) atoms. The van der Waals surface area contributed by atoms with Gasteiger partial charge in [-0.2, -0.15) is 0 Å². The Kier molecular flexibility index (Phi) is 7.41. The normalized spacial score (nSPS) is 16.8. The van der Waals surface area contributed by atoms with Gasteiger partial charge in [0.1, 0.15) is 0 Å². The summed E-state index contributed by atoms with van der Waals surface area (Å²) in [5.74, 6) is -0.347. The van der Waals surface area contributed by atoms with E-state index in [2.05, 4.69) is 10.3 Å². The first-order valence-corrected chi connectivity index (χ1v) is 11.5. The van der Waals surface area contributed by atoms with Crippen LogP contribution in [0.5, 0.6) is 0 Å². The van der Waals surface area contributed by atoms with E-state index in [1.54, 1.807) is 18.3 Å². The first-order valence-electron chi connectivity index (χ1n) is 9.88. The van der Waals surface area contributed by atoms with Crippen molar-refractivity contribution in [1.29, 1.82) is 0 Å². The molecule has 2 N–H and O–H groups in total. The number of nitrogens with one attached hydrogen (secondary N) is 1. The third-order valence-electron chi connectivity index (χ3n) is 5.29. The van der Waals surface area contributed by atoms with Crippen LogP contribution in [0.15, 0.2) is 48.8 Å². The zero-order valence-electron chi connectivity index (χ0n) is 16.9. The Morgan fingerprint density at radius 2 is 2.00 bits per heavy atom. The van der Waals surface area contributed by atoms with Crippen LogP contribution in [-0.4, -0.2) is 53.9 Å². The minimum Gasteiger partial charge on any atom is -0.465 e. The number of aromatic nitrogens is 1. The summed E-state index contributed by atoms with van der Waals surface area (Å²) in [6, 6.07) is 10.5. The molecule has 1 aliphatic rings. The lowest BCUT2D eigenvalue weighted by Gasteiger charge is -2.32. The van der Waals surface area contributed by atoms with Crippen molar-refractivity contribution in [2.45, 2.75) is 38.5 Å². The van der Waals surface area contributed by atoms with Crippen molar-refractivity contribution < 1.29 is 23.1 Å². The van der Waals surface area contributed by atoms with Crippen LogP contribution in [0.3, 0.4) is 0 Å². The van der Waals surface area contributed by atoms with Crippen molar-refractivity contribution in [2.24, 2.45) is 0 Å². The third-order valence-corrected chi connectivity index (χ3v) is 7.20. The summed E-state index contributed by atoms with van der Waals surface area (Å²) < 4.78 is 33.2. The lowest BCUT2D eigenvalue weighted by molar-refractivity contribution is 0.00998. The Morgan fingerprint density at radius 1 is 1.27 bits per heavy atom. The van der Waals surface area contributed by atoms with Gasteiger partial charge in [0.2, 0.25) is 10.0 Å². The molecule has 0 aliphatic carbocycles. The number of pyridine rings is 1. The van der Waals surface area contributed by atoms with E-state index in [0.29, 0.717) is 38.1 Å². The molecule has 1 aromatic heterocycles. The van der Waals surface area contributed by atoms with Gasteiger partial charge in [0.15, 0.2) is 0 Å². The van der Waals surface area contributed by atoms with Crippen LogP contribution in [0.2, 0.25) is 0 Å². The Hall–Kier alpha value is -2.49. The van der Waals surface area contributed by atoms with Crippen LogP contribution in [-0.2, 0) is 21.4 Å². The van der Waals surface area contributed by atoms with E-state index in [4.69, 9.17) is 9.84 Å². The van der Waals surface area contributed by atoms with Crippen molar-refractivity contribution in [3.63, 3.8) is 0 Å². The SMILES string of the molecule is Cc1ccccc1COC1CCN(S(=O)(=O)CC(NC(=O)O)c2cccnc2)CC1. The maximum atomic E-state index is 12.9. The molecule has 1 saturated heterocycles. The number of ether oxygens (including phenoxy) is 1. The number of rotatable bonds is 8. The lowest BCUT2D eigenvalue weighted by atomic mass is 10.1. The van der Waals surface area contributed by atoms with E-state index in [1.165, 1.54) is 16.1 Å². The highest BCUT2D eigenvalue weighted by Gasteiger charge is 2.31. The minimum absolute atomic E-state index is 0.00215. The van der Waals surface area contributed by atoms with E-state index in [-0.39, 0.29) is 11.9 Å². The molecule has 1 aliphatic heterocycles. The Bertz CT molecular complexity index is 944. The van der Waals surface area contributed by atoms with Gasteiger partial charge in [-0.1, -0.05) is 30.3 Å². The van der Waals surface area contributed by atoms with Gasteiger partial charge in [0.25, 0.3) is 0 Å². The summed E-state index contributed by atoms with van der Waals surface area (Å²) in [4.78, 5) is 15.1. The predicted molar refractivity (Wildman–Crippen MR) is 112 cm³/mol. The fraction of sp³-hybridized carbons (Fsp3) is 0.429. The van der Waals surface area contributed by atoms with Gasteiger partial charge in [-0.15, -0.1) is 0 Å². The molecule has 1 amide bonds. The Balaban J connectivity index is 1.56. The molecule has 8 nitrogen and oxygen atoms in total. The number of carboxylic acid groups (broad SMARTS) is 1. The standard InChI is InChI=1S/C21H27N3O5S/c1-16-5-2-3-6-18(16)14-29-19-8-11-24(12-9-19)30(27,28)15-20(23-21(25)26)17-7-4-10-22-13-17/h2-7,10,13,19-20,23H,8-9,11-12,14-15H2,1H3,(H,25,26).